The monoisotopic (exact) mass is 267 g/mol. The first-order valence-electron chi connectivity index (χ1n) is 5.21. The van der Waals surface area contributed by atoms with Gasteiger partial charge < -0.3 is 0 Å². The Hall–Kier alpha value is -2.44. The molecule has 1 aromatic heterocycles. The average Bonchev–Trinajstić information content (AvgIpc) is 2.40. The molecule has 98 valence electrons. The van der Waals surface area contributed by atoms with Gasteiger partial charge in [0.05, 0.1) is 11.3 Å². The van der Waals surface area contributed by atoms with Crippen LogP contribution in [0, 0.1) is 0 Å². The maximum absolute atomic E-state index is 12.4. The summed E-state index contributed by atoms with van der Waals surface area (Å²) in [4.78, 5) is 19.8. The molecule has 1 heterocycles. The summed E-state index contributed by atoms with van der Waals surface area (Å²) in [6, 6.07) is 5.74. The van der Waals surface area contributed by atoms with Crippen LogP contribution in [0.3, 0.4) is 0 Å². The maximum Gasteiger partial charge on any atom is 0.416 e. The van der Waals surface area contributed by atoms with Gasteiger partial charge in [0.25, 0.3) is 0 Å². The van der Waals surface area contributed by atoms with E-state index >= 15 is 0 Å². The Kier molecular flexibility index (Phi) is 3.46. The van der Waals surface area contributed by atoms with E-state index in [2.05, 4.69) is 9.97 Å². The molecule has 7 heteroatoms. The molecule has 0 atom stereocenters. The topological polar surface area (TPSA) is 46.1 Å². The minimum Gasteiger partial charge on any atom is -0.278 e. The van der Waals surface area contributed by atoms with E-state index in [1.807, 2.05) is 0 Å². The van der Waals surface area contributed by atoms with Gasteiger partial charge in [-0.2, -0.15) is 13.2 Å². The summed E-state index contributed by atoms with van der Waals surface area (Å²) in [7, 11) is 0. The van der Waals surface area contributed by atoms with Crippen molar-refractivity contribution in [3.05, 3.63) is 48.3 Å². The van der Waals surface area contributed by atoms with Crippen LogP contribution < -0.4 is 4.90 Å². The number of nitrogens with zero attached hydrogens (tertiary/aromatic N) is 3. The molecule has 2 rings (SSSR count). The van der Waals surface area contributed by atoms with Gasteiger partial charge in [-0.3, -0.25) is 9.69 Å². The van der Waals surface area contributed by atoms with E-state index in [9.17, 15) is 18.0 Å². The van der Waals surface area contributed by atoms with E-state index in [1.54, 1.807) is 6.07 Å². The van der Waals surface area contributed by atoms with Gasteiger partial charge in [-0.15, -0.1) is 0 Å². The first-order valence-corrected chi connectivity index (χ1v) is 5.21. The molecule has 1 aromatic carbocycles. The van der Waals surface area contributed by atoms with Crippen LogP contribution in [0.5, 0.6) is 0 Å². The Morgan fingerprint density at radius 2 is 1.63 bits per heavy atom. The number of hydrogen-bond acceptors (Lipinski definition) is 3. The molecule has 0 spiro atoms. The fourth-order valence-electron chi connectivity index (χ4n) is 1.45. The van der Waals surface area contributed by atoms with Crippen LogP contribution in [0.15, 0.2) is 42.7 Å². The predicted molar refractivity (Wildman–Crippen MR) is 61.7 cm³/mol. The van der Waals surface area contributed by atoms with Crippen molar-refractivity contribution >= 4 is 18.0 Å². The van der Waals surface area contributed by atoms with Gasteiger partial charge in [0, 0.05) is 12.4 Å². The minimum atomic E-state index is -4.41. The zero-order valence-electron chi connectivity index (χ0n) is 9.50. The van der Waals surface area contributed by atoms with Crippen molar-refractivity contribution in [2.45, 2.75) is 6.18 Å². The average molecular weight is 267 g/mol. The number of hydrogen-bond donors (Lipinski definition) is 0. The Balaban J connectivity index is 2.33. The number of halogens is 3. The standard InChI is InChI=1S/C12H8F3N3O/c13-12(14,15)9-2-4-10(5-3-9)18(8-19)11-16-6-1-7-17-11/h1-8H. The Labute approximate surface area is 106 Å². The number of anilines is 2. The number of rotatable bonds is 3. The molecule has 0 fully saturated rings. The van der Waals surface area contributed by atoms with Gasteiger partial charge in [0.15, 0.2) is 0 Å². The van der Waals surface area contributed by atoms with E-state index in [4.69, 9.17) is 0 Å². The largest absolute Gasteiger partial charge is 0.416 e. The van der Waals surface area contributed by atoms with Gasteiger partial charge in [0.1, 0.15) is 0 Å². The van der Waals surface area contributed by atoms with E-state index in [-0.39, 0.29) is 11.6 Å². The second-order valence-corrected chi connectivity index (χ2v) is 3.57. The number of alkyl halides is 3. The molecule has 0 aliphatic carbocycles. The Bertz CT molecular complexity index is 555. The third kappa shape index (κ3) is 2.87. The number of carbonyl (C=O) groups is 1. The van der Waals surface area contributed by atoms with Gasteiger partial charge in [-0.05, 0) is 30.3 Å². The van der Waals surface area contributed by atoms with Crippen LogP contribution in [-0.4, -0.2) is 16.4 Å². The highest BCUT2D eigenvalue weighted by molar-refractivity contribution is 5.83. The lowest BCUT2D eigenvalue weighted by atomic mass is 10.2. The molecule has 0 saturated heterocycles. The Morgan fingerprint density at radius 1 is 1.05 bits per heavy atom. The summed E-state index contributed by atoms with van der Waals surface area (Å²) in [6.45, 7) is 0. The first-order chi connectivity index (χ1) is 9.02. The molecule has 0 bridgehead atoms. The zero-order chi connectivity index (χ0) is 13.9. The molecule has 0 aliphatic rings. The molecule has 0 radical (unpaired) electrons. The molecule has 0 N–H and O–H groups in total. The molecular weight excluding hydrogens is 259 g/mol. The van der Waals surface area contributed by atoms with Crippen molar-refractivity contribution < 1.29 is 18.0 Å². The second kappa shape index (κ2) is 5.05. The molecular formula is C12H8F3N3O. The van der Waals surface area contributed by atoms with Crippen LogP contribution in [0.1, 0.15) is 5.56 Å². The molecule has 0 unspecified atom stereocenters. The molecule has 2 aromatic rings. The number of aromatic nitrogens is 2. The SMILES string of the molecule is O=CN(c1ccc(C(F)(F)F)cc1)c1ncccn1. The lowest BCUT2D eigenvalue weighted by Crippen LogP contribution is -2.17. The third-order valence-electron chi connectivity index (χ3n) is 2.35. The normalized spacial score (nSPS) is 11.1. The number of benzene rings is 1. The lowest BCUT2D eigenvalue weighted by molar-refractivity contribution is -0.137. The third-order valence-corrected chi connectivity index (χ3v) is 2.35. The van der Waals surface area contributed by atoms with Crippen LogP contribution >= 0.6 is 0 Å². The summed E-state index contributed by atoms with van der Waals surface area (Å²) in [5.74, 6) is 0.0947. The fraction of sp³-hybridized carbons (Fsp3) is 0.0833. The minimum absolute atomic E-state index is 0.0947. The van der Waals surface area contributed by atoms with Gasteiger partial charge in [-0.25, -0.2) is 9.97 Å². The number of amides is 1. The van der Waals surface area contributed by atoms with Crippen molar-refractivity contribution in [1.29, 1.82) is 0 Å². The summed E-state index contributed by atoms with van der Waals surface area (Å²) in [5.41, 5.74) is -0.523. The second-order valence-electron chi connectivity index (χ2n) is 3.57. The zero-order valence-corrected chi connectivity index (χ0v) is 9.50. The van der Waals surface area contributed by atoms with Gasteiger partial charge in [0.2, 0.25) is 12.4 Å². The highest BCUT2D eigenvalue weighted by Gasteiger charge is 2.30. The molecule has 19 heavy (non-hydrogen) atoms. The van der Waals surface area contributed by atoms with Crippen molar-refractivity contribution in [2.75, 3.05) is 4.90 Å². The van der Waals surface area contributed by atoms with Crippen LogP contribution in [-0.2, 0) is 11.0 Å². The van der Waals surface area contributed by atoms with Gasteiger partial charge >= 0.3 is 6.18 Å². The molecule has 0 aliphatic heterocycles. The predicted octanol–water partition coefficient (Wildman–Crippen LogP) is 2.79. The maximum atomic E-state index is 12.4. The summed E-state index contributed by atoms with van der Waals surface area (Å²) in [6.07, 6.45) is -1.10. The molecule has 1 amide bonds. The highest BCUT2D eigenvalue weighted by Crippen LogP contribution is 2.31. The van der Waals surface area contributed by atoms with Crippen molar-refractivity contribution in [3.63, 3.8) is 0 Å². The summed E-state index contributed by atoms with van der Waals surface area (Å²) >= 11 is 0. The van der Waals surface area contributed by atoms with Crippen molar-refractivity contribution in [2.24, 2.45) is 0 Å². The quantitative estimate of drug-likeness (QED) is 0.803. The Morgan fingerprint density at radius 3 is 2.11 bits per heavy atom. The van der Waals surface area contributed by atoms with E-state index < -0.39 is 11.7 Å². The smallest absolute Gasteiger partial charge is 0.278 e. The lowest BCUT2D eigenvalue weighted by Gasteiger charge is -2.15. The van der Waals surface area contributed by atoms with Gasteiger partial charge in [-0.1, -0.05) is 0 Å². The van der Waals surface area contributed by atoms with Crippen molar-refractivity contribution in [1.82, 2.24) is 9.97 Å². The first kappa shape index (κ1) is 13.0. The molecule has 4 nitrogen and oxygen atoms in total. The van der Waals surface area contributed by atoms with E-state index in [0.29, 0.717) is 6.41 Å². The summed E-state index contributed by atoms with van der Waals surface area (Å²) in [5, 5.41) is 0. The van der Waals surface area contributed by atoms with Crippen molar-refractivity contribution in [3.8, 4) is 0 Å². The van der Waals surface area contributed by atoms with Crippen LogP contribution in [0.2, 0.25) is 0 Å². The van der Waals surface area contributed by atoms with E-state index in [0.717, 1.165) is 17.0 Å². The highest BCUT2D eigenvalue weighted by atomic mass is 19.4. The summed E-state index contributed by atoms with van der Waals surface area (Å²) < 4.78 is 37.3. The van der Waals surface area contributed by atoms with Crippen LogP contribution in [0.25, 0.3) is 0 Å². The molecule has 0 saturated carbocycles. The fourth-order valence-corrected chi connectivity index (χ4v) is 1.45. The number of carbonyl (C=O) groups excluding carboxylic acids is 1. The van der Waals surface area contributed by atoms with Crippen LogP contribution in [0.4, 0.5) is 24.8 Å². The van der Waals surface area contributed by atoms with E-state index in [1.165, 1.54) is 24.5 Å².